The molecule has 0 bridgehead atoms. The first-order valence-electron chi connectivity index (χ1n) is 8.27. The predicted octanol–water partition coefficient (Wildman–Crippen LogP) is 3.98. The predicted molar refractivity (Wildman–Crippen MR) is 93.4 cm³/mol. The summed E-state index contributed by atoms with van der Waals surface area (Å²) < 4.78 is 5.29. The van der Waals surface area contributed by atoms with Crippen molar-refractivity contribution in [3.63, 3.8) is 0 Å². The number of anilines is 2. The van der Waals surface area contributed by atoms with Gasteiger partial charge in [-0.25, -0.2) is 0 Å². The summed E-state index contributed by atoms with van der Waals surface area (Å²) in [6.45, 7) is 4.76. The Morgan fingerprint density at radius 1 is 1.46 bits per heavy atom. The van der Waals surface area contributed by atoms with Gasteiger partial charge in [-0.2, -0.15) is 4.98 Å². The highest BCUT2D eigenvalue weighted by atomic mass is 35.5. The summed E-state index contributed by atoms with van der Waals surface area (Å²) in [5, 5.41) is 7.82. The van der Waals surface area contributed by atoms with Crippen molar-refractivity contribution in [2.75, 3.05) is 16.8 Å². The van der Waals surface area contributed by atoms with Crippen LogP contribution in [0.5, 0.6) is 0 Å². The van der Waals surface area contributed by atoms with E-state index in [1.807, 2.05) is 25.1 Å². The minimum absolute atomic E-state index is 0.125. The molecule has 7 heteroatoms. The molecule has 1 N–H and O–H groups in total. The lowest BCUT2D eigenvalue weighted by molar-refractivity contribution is -0.117. The number of amides is 1. The Bertz CT molecular complexity index is 731. The first-order valence-corrected chi connectivity index (χ1v) is 8.65. The van der Waals surface area contributed by atoms with E-state index in [2.05, 4.69) is 22.4 Å². The molecule has 2 heterocycles. The number of halogens is 1. The van der Waals surface area contributed by atoms with Crippen LogP contribution in [0.15, 0.2) is 22.7 Å². The van der Waals surface area contributed by atoms with Crippen LogP contribution in [-0.4, -0.2) is 22.6 Å². The van der Waals surface area contributed by atoms with E-state index in [1.54, 1.807) is 4.90 Å². The van der Waals surface area contributed by atoms with Gasteiger partial charge in [0.25, 0.3) is 0 Å². The van der Waals surface area contributed by atoms with Crippen molar-refractivity contribution in [1.82, 2.24) is 10.1 Å². The van der Waals surface area contributed by atoms with Crippen molar-refractivity contribution < 1.29 is 9.32 Å². The molecule has 1 atom stereocenters. The van der Waals surface area contributed by atoms with E-state index in [4.69, 9.17) is 16.1 Å². The molecule has 1 aliphatic heterocycles. The molecule has 1 aliphatic rings. The van der Waals surface area contributed by atoms with Crippen LogP contribution in [0, 0.1) is 0 Å². The number of benzene rings is 1. The Labute approximate surface area is 146 Å². The van der Waals surface area contributed by atoms with Gasteiger partial charge in [-0.15, -0.1) is 0 Å². The van der Waals surface area contributed by atoms with Crippen molar-refractivity contribution >= 4 is 28.9 Å². The van der Waals surface area contributed by atoms with Crippen LogP contribution >= 0.6 is 11.6 Å². The molecule has 0 spiro atoms. The minimum Gasteiger partial charge on any atom is -0.374 e. The van der Waals surface area contributed by atoms with Crippen LogP contribution in [0.3, 0.4) is 0 Å². The second-order valence-corrected chi connectivity index (χ2v) is 6.39. The largest absolute Gasteiger partial charge is 0.374 e. The number of aryl methyl sites for hydroxylation is 1. The summed E-state index contributed by atoms with van der Waals surface area (Å²) in [6, 6.07) is 5.48. The fraction of sp³-hybridized carbons (Fsp3) is 0.471. The zero-order valence-corrected chi connectivity index (χ0v) is 14.6. The number of carbonyl (C=O) groups excluding carboxylic acids is 1. The third kappa shape index (κ3) is 3.53. The van der Waals surface area contributed by atoms with Crippen molar-refractivity contribution in [2.45, 2.75) is 45.6 Å². The quantitative estimate of drug-likeness (QED) is 0.855. The standard InChI is InChI=1S/C17H21ClN4O2/c1-3-5-15-20-17(24-21-15)11(2)19-12-7-8-14(13(18)10-12)22-9-4-6-16(22)23/h7-8,10-11,19H,3-6,9H2,1-2H3/t11-/m1/s1. The smallest absolute Gasteiger partial charge is 0.248 e. The number of nitrogens with zero attached hydrogens (tertiary/aromatic N) is 3. The van der Waals surface area contributed by atoms with Gasteiger partial charge in [0.05, 0.1) is 10.7 Å². The number of hydrogen-bond donors (Lipinski definition) is 1. The van der Waals surface area contributed by atoms with E-state index in [-0.39, 0.29) is 11.9 Å². The van der Waals surface area contributed by atoms with Crippen molar-refractivity contribution in [3.05, 3.63) is 34.9 Å². The molecule has 0 aliphatic carbocycles. The monoisotopic (exact) mass is 348 g/mol. The van der Waals surface area contributed by atoms with Gasteiger partial charge >= 0.3 is 0 Å². The van der Waals surface area contributed by atoms with Crippen molar-refractivity contribution in [1.29, 1.82) is 0 Å². The second-order valence-electron chi connectivity index (χ2n) is 5.98. The molecule has 1 aromatic carbocycles. The molecular formula is C17H21ClN4O2. The van der Waals surface area contributed by atoms with Gasteiger partial charge in [-0.1, -0.05) is 23.7 Å². The van der Waals surface area contributed by atoms with Gasteiger partial charge in [0.15, 0.2) is 5.82 Å². The molecule has 6 nitrogen and oxygen atoms in total. The Kier molecular flexibility index (Phi) is 5.04. The Hall–Kier alpha value is -2.08. The maximum atomic E-state index is 11.9. The summed E-state index contributed by atoms with van der Waals surface area (Å²) >= 11 is 6.36. The molecule has 3 rings (SSSR count). The molecule has 1 aromatic heterocycles. The Balaban J connectivity index is 1.70. The average Bonchev–Trinajstić information content (AvgIpc) is 3.17. The van der Waals surface area contributed by atoms with E-state index in [1.165, 1.54) is 0 Å². The third-order valence-electron chi connectivity index (χ3n) is 4.02. The number of aromatic nitrogens is 2. The lowest BCUT2D eigenvalue weighted by Gasteiger charge is -2.19. The molecule has 1 saturated heterocycles. The van der Waals surface area contributed by atoms with E-state index in [0.29, 0.717) is 17.3 Å². The number of nitrogens with one attached hydrogen (secondary N) is 1. The number of hydrogen-bond acceptors (Lipinski definition) is 5. The maximum absolute atomic E-state index is 11.9. The van der Waals surface area contributed by atoms with Crippen LogP contribution in [-0.2, 0) is 11.2 Å². The Morgan fingerprint density at radius 3 is 2.96 bits per heavy atom. The number of rotatable bonds is 6. The van der Waals surface area contributed by atoms with Crippen molar-refractivity contribution in [3.8, 4) is 0 Å². The van der Waals surface area contributed by atoms with Crippen molar-refractivity contribution in [2.24, 2.45) is 0 Å². The van der Waals surface area contributed by atoms with Crippen LogP contribution in [0.2, 0.25) is 5.02 Å². The van der Waals surface area contributed by atoms with E-state index in [9.17, 15) is 4.79 Å². The lowest BCUT2D eigenvalue weighted by atomic mass is 10.2. The molecular weight excluding hydrogens is 328 g/mol. The summed E-state index contributed by atoms with van der Waals surface area (Å²) in [5.74, 6) is 1.40. The zero-order valence-electron chi connectivity index (χ0n) is 13.9. The molecule has 24 heavy (non-hydrogen) atoms. The van der Waals surface area contributed by atoms with Gasteiger partial charge < -0.3 is 14.7 Å². The molecule has 0 unspecified atom stereocenters. The summed E-state index contributed by atoms with van der Waals surface area (Å²) in [6.07, 6.45) is 3.25. The van der Waals surface area contributed by atoms with Crippen LogP contribution in [0.4, 0.5) is 11.4 Å². The van der Waals surface area contributed by atoms with Gasteiger partial charge in [-0.3, -0.25) is 4.79 Å². The maximum Gasteiger partial charge on any atom is 0.248 e. The fourth-order valence-corrected chi connectivity index (χ4v) is 3.08. The van der Waals surface area contributed by atoms with Gasteiger partial charge in [-0.05, 0) is 38.0 Å². The van der Waals surface area contributed by atoms with Gasteiger partial charge in [0, 0.05) is 25.1 Å². The summed E-state index contributed by atoms with van der Waals surface area (Å²) in [5.41, 5.74) is 1.61. The Morgan fingerprint density at radius 2 is 2.29 bits per heavy atom. The highest BCUT2D eigenvalue weighted by Crippen LogP contribution is 2.32. The third-order valence-corrected chi connectivity index (χ3v) is 4.33. The first-order chi connectivity index (χ1) is 11.6. The fourth-order valence-electron chi connectivity index (χ4n) is 2.80. The minimum atomic E-state index is -0.126. The van der Waals surface area contributed by atoms with Crippen LogP contribution < -0.4 is 10.2 Å². The summed E-state index contributed by atoms with van der Waals surface area (Å²) in [4.78, 5) is 18.0. The van der Waals surface area contributed by atoms with Gasteiger partial charge in [0.1, 0.15) is 6.04 Å². The molecule has 128 valence electrons. The molecule has 1 amide bonds. The zero-order chi connectivity index (χ0) is 17.1. The highest BCUT2D eigenvalue weighted by Gasteiger charge is 2.23. The topological polar surface area (TPSA) is 71.3 Å². The molecule has 0 saturated carbocycles. The summed E-state index contributed by atoms with van der Waals surface area (Å²) in [7, 11) is 0. The van der Waals surface area contributed by atoms with E-state index in [0.717, 1.165) is 43.0 Å². The normalized spacial score (nSPS) is 15.8. The molecule has 1 fully saturated rings. The number of carbonyl (C=O) groups is 1. The van der Waals surface area contributed by atoms with Crippen LogP contribution in [0.1, 0.15) is 50.9 Å². The molecule has 0 radical (unpaired) electrons. The first kappa shape index (κ1) is 16.8. The SMILES string of the molecule is CCCc1noc([C@@H](C)Nc2ccc(N3CCCC3=O)c(Cl)c2)n1. The van der Waals surface area contributed by atoms with E-state index < -0.39 is 0 Å². The second kappa shape index (κ2) is 7.21. The average molecular weight is 349 g/mol. The highest BCUT2D eigenvalue weighted by molar-refractivity contribution is 6.34. The molecule has 2 aromatic rings. The van der Waals surface area contributed by atoms with E-state index >= 15 is 0 Å². The lowest BCUT2D eigenvalue weighted by Crippen LogP contribution is -2.24. The van der Waals surface area contributed by atoms with Crippen LogP contribution in [0.25, 0.3) is 0 Å². The van der Waals surface area contributed by atoms with Gasteiger partial charge in [0.2, 0.25) is 11.8 Å².